The fraction of sp³-hybridized carbons (Fsp3) is 0.333. The van der Waals surface area contributed by atoms with Crippen molar-refractivity contribution in [2.24, 2.45) is 11.3 Å². The summed E-state index contributed by atoms with van der Waals surface area (Å²) in [6.45, 7) is 5.07. The Morgan fingerprint density at radius 2 is 1.96 bits per heavy atom. The minimum Gasteiger partial charge on any atom is -0.325 e. The zero-order valence-electron chi connectivity index (χ0n) is 14.2. The number of anilines is 1. The number of carbonyl (C=O) groups excluding carboxylic acids is 2. The number of carbonyl (C=O) groups is 2. The third-order valence-corrected chi connectivity index (χ3v) is 5.15. The molecule has 0 aliphatic carbocycles. The number of nitriles is 2. The molecule has 2 rings (SSSR count). The van der Waals surface area contributed by atoms with Crippen molar-refractivity contribution in [2.75, 3.05) is 5.32 Å². The average Bonchev–Trinajstić information content (AvgIpc) is 2.55. The van der Waals surface area contributed by atoms with E-state index in [9.17, 15) is 20.1 Å². The zero-order valence-corrected chi connectivity index (χ0v) is 15.0. The summed E-state index contributed by atoms with van der Waals surface area (Å²) in [6, 6.07) is 13.1. The lowest BCUT2D eigenvalue weighted by atomic mass is 9.72. The van der Waals surface area contributed by atoms with Gasteiger partial charge in [0.1, 0.15) is 5.92 Å². The van der Waals surface area contributed by atoms with Crippen molar-refractivity contribution in [3.8, 4) is 12.1 Å². The van der Waals surface area contributed by atoms with Crippen LogP contribution in [0.15, 0.2) is 40.9 Å². The highest BCUT2D eigenvalue weighted by Gasteiger charge is 2.45. The molecule has 2 N–H and O–H groups in total. The van der Waals surface area contributed by atoms with E-state index in [0.29, 0.717) is 16.3 Å². The van der Waals surface area contributed by atoms with Crippen LogP contribution in [0, 0.1) is 34.0 Å². The Kier molecular flexibility index (Phi) is 5.51. The van der Waals surface area contributed by atoms with Gasteiger partial charge in [-0.15, -0.1) is 0 Å². The molecule has 2 atom stereocenters. The van der Waals surface area contributed by atoms with E-state index in [1.54, 1.807) is 32.9 Å². The minimum absolute atomic E-state index is 0.240. The van der Waals surface area contributed by atoms with E-state index in [1.165, 1.54) is 0 Å². The smallest absolute Gasteiger partial charge is 0.243 e. The van der Waals surface area contributed by atoms with Crippen LogP contribution in [0.25, 0.3) is 0 Å². The lowest BCUT2D eigenvalue weighted by Crippen LogP contribution is -2.45. The van der Waals surface area contributed by atoms with Gasteiger partial charge in [0, 0.05) is 11.1 Å². The molecule has 0 radical (unpaired) electrons. The Morgan fingerprint density at radius 1 is 1.32 bits per heavy atom. The van der Waals surface area contributed by atoms with Crippen molar-refractivity contribution in [1.29, 1.82) is 10.5 Å². The van der Waals surface area contributed by atoms with Gasteiger partial charge in [0.2, 0.25) is 11.8 Å². The highest BCUT2D eigenvalue weighted by Crippen LogP contribution is 2.42. The first-order valence-corrected chi connectivity index (χ1v) is 8.57. The van der Waals surface area contributed by atoms with Crippen LogP contribution in [-0.2, 0) is 9.59 Å². The monoisotopic (exact) mass is 354 g/mol. The SMILES string of the molecule is C[C@@H](SC1=C(C#N)C(C)(C)[C@@H](C#N)C(=O)N1)C(=O)Nc1ccccc1. The largest absolute Gasteiger partial charge is 0.325 e. The lowest BCUT2D eigenvalue weighted by Gasteiger charge is -2.35. The van der Waals surface area contributed by atoms with Crippen molar-refractivity contribution in [3.05, 3.63) is 40.9 Å². The van der Waals surface area contributed by atoms with E-state index in [1.807, 2.05) is 24.3 Å². The molecule has 0 bridgehead atoms. The molecule has 6 nitrogen and oxygen atoms in total. The molecule has 1 aliphatic rings. The predicted octanol–water partition coefficient (Wildman–Crippen LogP) is 2.78. The predicted molar refractivity (Wildman–Crippen MR) is 95.8 cm³/mol. The molecule has 1 aromatic rings. The van der Waals surface area contributed by atoms with Gasteiger partial charge in [0.05, 0.1) is 28.0 Å². The summed E-state index contributed by atoms with van der Waals surface area (Å²) in [5, 5.41) is 23.9. The maximum atomic E-state index is 12.3. The second-order valence-corrected chi connectivity index (χ2v) is 7.56. The van der Waals surface area contributed by atoms with E-state index in [-0.39, 0.29) is 5.91 Å². The maximum Gasteiger partial charge on any atom is 0.243 e. The third-order valence-electron chi connectivity index (χ3n) is 4.04. The van der Waals surface area contributed by atoms with Gasteiger partial charge >= 0.3 is 0 Å². The number of allylic oxidation sites excluding steroid dienone is 1. The second-order valence-electron chi connectivity index (χ2n) is 6.20. The summed E-state index contributed by atoms with van der Waals surface area (Å²) in [5.74, 6) is -1.64. The van der Waals surface area contributed by atoms with E-state index in [0.717, 1.165) is 11.8 Å². The van der Waals surface area contributed by atoms with Crippen molar-refractivity contribution < 1.29 is 9.59 Å². The van der Waals surface area contributed by atoms with Gasteiger partial charge in [-0.3, -0.25) is 9.59 Å². The Labute approximate surface area is 150 Å². The molecule has 0 spiro atoms. The molecule has 25 heavy (non-hydrogen) atoms. The van der Waals surface area contributed by atoms with Gasteiger partial charge in [-0.25, -0.2) is 0 Å². The van der Waals surface area contributed by atoms with Gasteiger partial charge in [-0.1, -0.05) is 43.8 Å². The molecule has 0 saturated heterocycles. The van der Waals surface area contributed by atoms with Crippen LogP contribution in [0.1, 0.15) is 20.8 Å². The molecule has 2 amide bonds. The van der Waals surface area contributed by atoms with Crippen LogP contribution in [0.4, 0.5) is 5.69 Å². The summed E-state index contributed by atoms with van der Waals surface area (Å²) in [4.78, 5) is 24.5. The highest BCUT2D eigenvalue weighted by atomic mass is 32.2. The minimum atomic E-state index is -0.944. The first-order valence-electron chi connectivity index (χ1n) is 7.69. The highest BCUT2D eigenvalue weighted by molar-refractivity contribution is 8.04. The van der Waals surface area contributed by atoms with Crippen molar-refractivity contribution in [2.45, 2.75) is 26.0 Å². The van der Waals surface area contributed by atoms with Crippen LogP contribution in [0.5, 0.6) is 0 Å². The molecule has 0 aromatic heterocycles. The number of rotatable bonds is 4. The zero-order chi connectivity index (χ0) is 18.6. The third kappa shape index (κ3) is 3.84. The molecule has 7 heteroatoms. The van der Waals surface area contributed by atoms with E-state index < -0.39 is 22.5 Å². The number of amides is 2. The fourth-order valence-corrected chi connectivity index (χ4v) is 3.62. The van der Waals surface area contributed by atoms with E-state index in [4.69, 9.17) is 0 Å². The topological polar surface area (TPSA) is 106 Å². The number of hydrogen-bond acceptors (Lipinski definition) is 5. The Hall–Kier alpha value is -2.77. The summed E-state index contributed by atoms with van der Waals surface area (Å²) < 4.78 is 0. The van der Waals surface area contributed by atoms with Crippen LogP contribution in [-0.4, -0.2) is 17.1 Å². The van der Waals surface area contributed by atoms with Crippen molar-refractivity contribution in [1.82, 2.24) is 5.32 Å². The fourth-order valence-electron chi connectivity index (χ4n) is 2.51. The summed E-state index contributed by atoms with van der Waals surface area (Å²) >= 11 is 1.10. The summed E-state index contributed by atoms with van der Waals surface area (Å²) in [6.07, 6.45) is 0. The van der Waals surface area contributed by atoms with Crippen molar-refractivity contribution in [3.63, 3.8) is 0 Å². The van der Waals surface area contributed by atoms with E-state index in [2.05, 4.69) is 16.7 Å². The van der Waals surface area contributed by atoms with Gasteiger partial charge in [0.15, 0.2) is 0 Å². The van der Waals surface area contributed by atoms with Crippen LogP contribution < -0.4 is 10.6 Å². The standard InChI is InChI=1S/C18H18N4O2S/c1-11(15(23)21-12-7-5-4-6-8-12)25-17-14(10-20)18(2,3)13(9-19)16(24)22-17/h4-8,11,13H,1-3H3,(H,21,23)(H,22,24)/t11-,13+/m1/s1. The number of para-hydroxylation sites is 1. The normalized spacial score (nSPS) is 20.0. The molecule has 0 unspecified atom stereocenters. The van der Waals surface area contributed by atoms with Crippen LogP contribution in [0.2, 0.25) is 0 Å². The number of hydrogen-bond donors (Lipinski definition) is 2. The van der Waals surface area contributed by atoms with Gasteiger partial charge in [0.25, 0.3) is 0 Å². The average molecular weight is 354 g/mol. The molecule has 0 fully saturated rings. The number of benzene rings is 1. The van der Waals surface area contributed by atoms with Crippen LogP contribution >= 0.6 is 11.8 Å². The molecule has 128 valence electrons. The molecular weight excluding hydrogens is 336 g/mol. The van der Waals surface area contributed by atoms with Gasteiger partial charge < -0.3 is 10.6 Å². The number of nitrogens with one attached hydrogen (secondary N) is 2. The molecule has 1 heterocycles. The van der Waals surface area contributed by atoms with Crippen LogP contribution in [0.3, 0.4) is 0 Å². The first kappa shape index (κ1) is 18.6. The number of nitrogens with zero attached hydrogens (tertiary/aromatic N) is 2. The second kappa shape index (κ2) is 7.42. The van der Waals surface area contributed by atoms with Gasteiger partial charge in [-0.05, 0) is 19.1 Å². The summed E-state index contributed by atoms with van der Waals surface area (Å²) in [5.41, 5.74) is 0.0686. The first-order chi connectivity index (χ1) is 11.8. The van der Waals surface area contributed by atoms with E-state index >= 15 is 0 Å². The summed E-state index contributed by atoms with van der Waals surface area (Å²) in [7, 11) is 0. The Bertz CT molecular complexity index is 803. The Morgan fingerprint density at radius 3 is 2.52 bits per heavy atom. The van der Waals surface area contributed by atoms with Gasteiger partial charge in [-0.2, -0.15) is 10.5 Å². The quantitative estimate of drug-likeness (QED) is 0.865. The molecule has 1 aromatic carbocycles. The lowest BCUT2D eigenvalue weighted by molar-refractivity contribution is -0.125. The molecular formula is C18H18N4O2S. The maximum absolute atomic E-state index is 12.3. The molecule has 1 aliphatic heterocycles. The van der Waals surface area contributed by atoms with Crippen molar-refractivity contribution >= 4 is 29.3 Å². The number of thioether (sulfide) groups is 1. The Balaban J connectivity index is 2.21. The molecule has 0 saturated carbocycles.